The molecular formula is C12H14ClNO2. The first-order valence-electron chi connectivity index (χ1n) is 5.46. The zero-order valence-corrected chi connectivity index (χ0v) is 9.96. The molecule has 1 aromatic heterocycles. The minimum Gasteiger partial charge on any atom is -0.461 e. The Morgan fingerprint density at radius 2 is 2.44 bits per heavy atom. The summed E-state index contributed by atoms with van der Waals surface area (Å²) in [6.07, 6.45) is 6.15. The molecular weight excluding hydrogens is 226 g/mol. The zero-order valence-electron chi connectivity index (χ0n) is 9.20. The number of esters is 1. The van der Waals surface area contributed by atoms with Crippen LogP contribution >= 0.6 is 11.6 Å². The van der Waals surface area contributed by atoms with Crippen LogP contribution in [0.3, 0.4) is 0 Å². The van der Waals surface area contributed by atoms with Gasteiger partial charge in [0.1, 0.15) is 5.69 Å². The molecule has 0 fully saturated rings. The average molecular weight is 240 g/mol. The quantitative estimate of drug-likeness (QED) is 0.743. The predicted octanol–water partition coefficient (Wildman–Crippen LogP) is 3.13. The molecule has 0 aromatic carbocycles. The fourth-order valence-electron chi connectivity index (χ4n) is 1.89. The van der Waals surface area contributed by atoms with E-state index in [-0.39, 0.29) is 5.97 Å². The Morgan fingerprint density at radius 1 is 1.62 bits per heavy atom. The van der Waals surface area contributed by atoms with E-state index in [9.17, 15) is 4.79 Å². The molecule has 0 saturated carbocycles. The highest BCUT2D eigenvalue weighted by molar-refractivity contribution is 6.33. The highest BCUT2D eigenvalue weighted by Crippen LogP contribution is 2.25. The van der Waals surface area contributed by atoms with Crippen molar-refractivity contribution in [3.05, 3.63) is 28.6 Å². The summed E-state index contributed by atoms with van der Waals surface area (Å²) in [5, 5.41) is 0.472. The molecule has 0 spiro atoms. The van der Waals surface area contributed by atoms with Crippen LogP contribution in [0.1, 0.15) is 35.9 Å². The van der Waals surface area contributed by atoms with Gasteiger partial charge in [-0.2, -0.15) is 0 Å². The molecule has 0 radical (unpaired) electrons. The van der Waals surface area contributed by atoms with Crippen LogP contribution in [0.2, 0.25) is 5.02 Å². The minimum absolute atomic E-state index is 0.339. The van der Waals surface area contributed by atoms with E-state index in [1.165, 1.54) is 0 Å². The summed E-state index contributed by atoms with van der Waals surface area (Å²) in [5.74, 6) is -0.339. The summed E-state index contributed by atoms with van der Waals surface area (Å²) < 4.78 is 6.94. The number of ether oxygens (including phenoxy) is 1. The van der Waals surface area contributed by atoms with E-state index in [1.54, 1.807) is 6.92 Å². The highest BCUT2D eigenvalue weighted by Gasteiger charge is 2.20. The number of fused-ring (bicyclic) bond motifs is 1. The van der Waals surface area contributed by atoms with Crippen molar-refractivity contribution in [3.63, 3.8) is 0 Å². The van der Waals surface area contributed by atoms with Crippen molar-refractivity contribution in [3.8, 4) is 0 Å². The van der Waals surface area contributed by atoms with Crippen LogP contribution in [0.4, 0.5) is 0 Å². The second-order valence-corrected chi connectivity index (χ2v) is 4.09. The molecule has 16 heavy (non-hydrogen) atoms. The van der Waals surface area contributed by atoms with Gasteiger partial charge in [-0.1, -0.05) is 17.7 Å². The van der Waals surface area contributed by atoms with Crippen molar-refractivity contribution in [2.75, 3.05) is 6.61 Å². The molecule has 2 rings (SSSR count). The molecule has 0 N–H and O–H groups in total. The van der Waals surface area contributed by atoms with Crippen molar-refractivity contribution >= 4 is 23.6 Å². The summed E-state index contributed by atoms with van der Waals surface area (Å²) in [4.78, 5) is 11.8. The fourth-order valence-corrected chi connectivity index (χ4v) is 2.18. The maximum atomic E-state index is 11.8. The number of halogens is 1. The Kier molecular flexibility index (Phi) is 3.34. The van der Waals surface area contributed by atoms with E-state index >= 15 is 0 Å². The van der Waals surface area contributed by atoms with Crippen LogP contribution in [-0.4, -0.2) is 17.1 Å². The summed E-state index contributed by atoms with van der Waals surface area (Å²) >= 11 is 6.06. The molecule has 0 amide bonds. The van der Waals surface area contributed by atoms with E-state index in [0.717, 1.165) is 25.1 Å². The van der Waals surface area contributed by atoms with Gasteiger partial charge in [0, 0.05) is 12.2 Å². The first kappa shape index (κ1) is 11.3. The maximum absolute atomic E-state index is 11.8. The lowest BCUT2D eigenvalue weighted by Gasteiger charge is -2.09. The smallest absolute Gasteiger partial charge is 0.356 e. The molecule has 1 aromatic rings. The van der Waals surface area contributed by atoms with Gasteiger partial charge in [0.25, 0.3) is 0 Å². The van der Waals surface area contributed by atoms with Crippen LogP contribution in [-0.2, 0) is 11.3 Å². The van der Waals surface area contributed by atoms with Gasteiger partial charge >= 0.3 is 5.97 Å². The number of nitrogens with zero attached hydrogens (tertiary/aromatic N) is 1. The standard InChI is InChI=1S/C12H14ClNO2/c1-2-16-12(15)11-10(13)8-9-6-4-3-5-7-14(9)11/h4,6,8H,2-3,5,7H2,1H3. The number of hydrogen-bond acceptors (Lipinski definition) is 2. The Hall–Kier alpha value is -1.22. The van der Waals surface area contributed by atoms with Crippen LogP contribution in [0.15, 0.2) is 12.1 Å². The number of allylic oxidation sites excluding steroid dienone is 1. The third-order valence-electron chi connectivity index (χ3n) is 2.59. The predicted molar refractivity (Wildman–Crippen MR) is 63.7 cm³/mol. The van der Waals surface area contributed by atoms with Crippen LogP contribution < -0.4 is 0 Å². The molecule has 0 aliphatic carbocycles. The lowest BCUT2D eigenvalue weighted by atomic mass is 10.3. The molecule has 4 heteroatoms. The van der Waals surface area contributed by atoms with Crippen molar-refractivity contribution in [1.82, 2.24) is 4.57 Å². The van der Waals surface area contributed by atoms with Crippen LogP contribution in [0.5, 0.6) is 0 Å². The van der Waals surface area contributed by atoms with Crippen LogP contribution in [0, 0.1) is 0 Å². The Morgan fingerprint density at radius 3 is 3.19 bits per heavy atom. The normalized spacial score (nSPS) is 14.4. The number of aromatic nitrogens is 1. The lowest BCUT2D eigenvalue weighted by Crippen LogP contribution is -2.13. The molecule has 0 atom stereocenters. The summed E-state index contributed by atoms with van der Waals surface area (Å²) in [6, 6.07) is 1.82. The van der Waals surface area contributed by atoms with Gasteiger partial charge < -0.3 is 9.30 Å². The summed E-state index contributed by atoms with van der Waals surface area (Å²) in [5.41, 5.74) is 1.45. The second kappa shape index (κ2) is 4.74. The lowest BCUT2D eigenvalue weighted by molar-refractivity contribution is 0.0514. The molecule has 0 bridgehead atoms. The molecule has 86 valence electrons. The highest BCUT2D eigenvalue weighted by atomic mass is 35.5. The number of carbonyl (C=O) groups is 1. The molecule has 0 unspecified atom stereocenters. The molecule has 0 saturated heterocycles. The van der Waals surface area contributed by atoms with E-state index in [0.29, 0.717) is 17.3 Å². The maximum Gasteiger partial charge on any atom is 0.356 e. The third-order valence-corrected chi connectivity index (χ3v) is 2.88. The summed E-state index contributed by atoms with van der Waals surface area (Å²) in [6.45, 7) is 2.96. The van der Waals surface area contributed by atoms with Crippen LogP contribution in [0.25, 0.3) is 6.08 Å². The van der Waals surface area contributed by atoms with Crippen molar-refractivity contribution in [2.45, 2.75) is 26.3 Å². The van der Waals surface area contributed by atoms with E-state index < -0.39 is 0 Å². The topological polar surface area (TPSA) is 31.2 Å². The first-order valence-corrected chi connectivity index (χ1v) is 5.84. The fraction of sp³-hybridized carbons (Fsp3) is 0.417. The number of rotatable bonds is 2. The zero-order chi connectivity index (χ0) is 11.5. The van der Waals surface area contributed by atoms with Gasteiger partial charge in [-0.25, -0.2) is 4.79 Å². The minimum atomic E-state index is -0.339. The molecule has 2 heterocycles. The Labute approximate surface area is 99.7 Å². The average Bonchev–Trinajstić information content (AvgIpc) is 2.43. The van der Waals surface area contributed by atoms with E-state index in [1.807, 2.05) is 16.7 Å². The van der Waals surface area contributed by atoms with Gasteiger partial charge in [-0.3, -0.25) is 0 Å². The monoisotopic (exact) mass is 239 g/mol. The van der Waals surface area contributed by atoms with Crippen molar-refractivity contribution < 1.29 is 9.53 Å². The van der Waals surface area contributed by atoms with E-state index in [2.05, 4.69) is 6.08 Å². The van der Waals surface area contributed by atoms with E-state index in [4.69, 9.17) is 16.3 Å². The summed E-state index contributed by atoms with van der Waals surface area (Å²) in [7, 11) is 0. The van der Waals surface area contributed by atoms with Gasteiger partial charge in [0.15, 0.2) is 0 Å². The number of carbonyl (C=O) groups excluding carboxylic acids is 1. The molecule has 1 aliphatic rings. The Balaban J connectivity index is 2.42. The Bertz CT molecular complexity index is 434. The van der Waals surface area contributed by atoms with Gasteiger partial charge in [-0.05, 0) is 31.9 Å². The van der Waals surface area contributed by atoms with Crippen molar-refractivity contribution in [1.29, 1.82) is 0 Å². The van der Waals surface area contributed by atoms with Gasteiger partial charge in [0.2, 0.25) is 0 Å². The first-order chi connectivity index (χ1) is 7.74. The van der Waals surface area contributed by atoms with Gasteiger partial charge in [0.05, 0.1) is 11.6 Å². The number of hydrogen-bond donors (Lipinski definition) is 0. The second-order valence-electron chi connectivity index (χ2n) is 3.68. The largest absolute Gasteiger partial charge is 0.461 e. The molecule has 3 nitrogen and oxygen atoms in total. The molecule has 1 aliphatic heterocycles. The third kappa shape index (κ3) is 2.00. The van der Waals surface area contributed by atoms with Gasteiger partial charge in [-0.15, -0.1) is 0 Å². The van der Waals surface area contributed by atoms with Crippen molar-refractivity contribution in [2.24, 2.45) is 0 Å². The SMILES string of the molecule is CCOC(=O)c1c(Cl)cc2n1CCCC=C2.